The van der Waals surface area contributed by atoms with Gasteiger partial charge >= 0.3 is 11.9 Å². The van der Waals surface area contributed by atoms with Gasteiger partial charge in [0, 0.05) is 24.9 Å². The van der Waals surface area contributed by atoms with Crippen LogP contribution in [0.4, 0.5) is 4.39 Å². The molecule has 0 N–H and O–H groups in total. The van der Waals surface area contributed by atoms with Gasteiger partial charge in [-0.2, -0.15) is 0 Å². The third-order valence-corrected chi connectivity index (χ3v) is 5.08. The Hall–Kier alpha value is -2.25. The average molecular weight is 365 g/mol. The average Bonchev–Trinajstić information content (AvgIpc) is 2.95. The highest BCUT2D eigenvalue weighted by Crippen LogP contribution is 2.36. The third kappa shape index (κ3) is 4.05. The molecule has 1 aromatic carbocycles. The van der Waals surface area contributed by atoms with Gasteiger partial charge in [-0.1, -0.05) is 30.3 Å². The number of ether oxygens (including phenoxy) is 2. The second kappa shape index (κ2) is 7.76. The van der Waals surface area contributed by atoms with E-state index in [9.17, 15) is 14.0 Å². The summed E-state index contributed by atoms with van der Waals surface area (Å²) >= 11 is 1.39. The van der Waals surface area contributed by atoms with Gasteiger partial charge in [0.25, 0.3) is 0 Å². The number of thiophene rings is 1. The largest absolute Gasteiger partial charge is 0.432 e. The van der Waals surface area contributed by atoms with E-state index in [0.29, 0.717) is 30.1 Å². The number of carbonyl (C=O) groups excluding carboxylic acids is 2. The molecule has 1 atom stereocenters. The number of rotatable bonds is 5. The standard InChI is InChI=1S/C18H18FNO4S/c1-12(21)24-16-9-14-10-20(8-7-15(14)25-16)17(18(22)23-11-19)13-5-3-2-4-6-13/h2-6,9,17H,7-8,10-11H2,1H3/t17-/m0/s1/i11D2. The minimum absolute atomic E-state index is 0.372. The van der Waals surface area contributed by atoms with Gasteiger partial charge in [-0.05, 0) is 23.6 Å². The number of fused-ring (bicyclic) bond motifs is 1. The summed E-state index contributed by atoms with van der Waals surface area (Å²) in [4.78, 5) is 26.5. The summed E-state index contributed by atoms with van der Waals surface area (Å²) in [5.74, 6) is -1.39. The van der Waals surface area contributed by atoms with E-state index in [1.165, 1.54) is 18.3 Å². The van der Waals surface area contributed by atoms with Gasteiger partial charge in [0.05, 0.1) is 0 Å². The molecule has 0 amide bonds. The summed E-state index contributed by atoms with van der Waals surface area (Å²) in [6, 6.07) is 9.54. The predicted molar refractivity (Wildman–Crippen MR) is 91.0 cm³/mol. The van der Waals surface area contributed by atoms with Crippen LogP contribution in [0, 0.1) is 0 Å². The molecule has 0 fully saturated rings. The molecule has 25 heavy (non-hydrogen) atoms. The monoisotopic (exact) mass is 365 g/mol. The second-order valence-electron chi connectivity index (χ2n) is 5.64. The van der Waals surface area contributed by atoms with Crippen LogP contribution in [0.3, 0.4) is 0 Å². The van der Waals surface area contributed by atoms with Crippen molar-refractivity contribution < 1.29 is 26.2 Å². The minimum atomic E-state index is -3.55. The fourth-order valence-corrected chi connectivity index (χ4v) is 4.02. The molecule has 1 aliphatic rings. The van der Waals surface area contributed by atoms with Gasteiger partial charge in [0.2, 0.25) is 6.81 Å². The first-order chi connectivity index (χ1) is 12.7. The number of nitrogens with zero attached hydrogens (tertiary/aromatic N) is 1. The van der Waals surface area contributed by atoms with Crippen molar-refractivity contribution in [2.75, 3.05) is 13.4 Å². The molecule has 5 nitrogen and oxygen atoms in total. The number of benzene rings is 1. The van der Waals surface area contributed by atoms with Crippen LogP contribution in [0.5, 0.6) is 5.06 Å². The van der Waals surface area contributed by atoms with Crippen LogP contribution in [-0.4, -0.2) is 30.2 Å². The van der Waals surface area contributed by atoms with Crippen LogP contribution in [-0.2, 0) is 27.3 Å². The maximum atomic E-state index is 13.3. The van der Waals surface area contributed by atoms with Gasteiger partial charge in [-0.15, -0.1) is 11.3 Å². The van der Waals surface area contributed by atoms with Crippen molar-refractivity contribution in [3.8, 4) is 5.06 Å². The number of halogens is 1. The number of hydrogen-bond donors (Lipinski definition) is 0. The molecule has 2 aromatic rings. The zero-order valence-electron chi connectivity index (χ0n) is 15.5. The van der Waals surface area contributed by atoms with E-state index in [2.05, 4.69) is 4.74 Å². The summed E-state index contributed by atoms with van der Waals surface area (Å²) in [7, 11) is 0. The van der Waals surface area contributed by atoms with E-state index in [1.807, 2.05) is 0 Å². The third-order valence-electron chi connectivity index (χ3n) is 3.96. The van der Waals surface area contributed by atoms with Crippen molar-refractivity contribution in [3.63, 3.8) is 0 Å². The Morgan fingerprint density at radius 3 is 2.84 bits per heavy atom. The fraction of sp³-hybridized carbons (Fsp3) is 0.333. The van der Waals surface area contributed by atoms with Gasteiger partial charge in [-0.3, -0.25) is 9.69 Å². The van der Waals surface area contributed by atoms with Crippen molar-refractivity contribution >= 4 is 23.3 Å². The van der Waals surface area contributed by atoms with Gasteiger partial charge in [-0.25, -0.2) is 9.18 Å². The number of hydrogen-bond acceptors (Lipinski definition) is 6. The predicted octanol–water partition coefficient (Wildman–Crippen LogP) is 3.24. The van der Waals surface area contributed by atoms with Crippen LogP contribution >= 0.6 is 11.3 Å². The zero-order valence-corrected chi connectivity index (χ0v) is 14.3. The molecule has 0 unspecified atom stereocenters. The Morgan fingerprint density at radius 1 is 1.40 bits per heavy atom. The Labute approximate surface area is 151 Å². The molecular weight excluding hydrogens is 345 g/mol. The lowest BCUT2D eigenvalue weighted by Gasteiger charge is -2.33. The van der Waals surface area contributed by atoms with Crippen molar-refractivity contribution in [1.29, 1.82) is 0 Å². The van der Waals surface area contributed by atoms with E-state index < -0.39 is 24.8 Å². The van der Waals surface area contributed by atoms with E-state index >= 15 is 0 Å². The Kier molecular flexibility index (Phi) is 4.67. The van der Waals surface area contributed by atoms with Crippen LogP contribution in [0.25, 0.3) is 0 Å². The van der Waals surface area contributed by atoms with Crippen LogP contribution < -0.4 is 4.74 Å². The SMILES string of the molecule is [2H]C([2H])(F)OC(=O)[C@H](c1ccccc1)N1CCc2sc(OC(C)=O)cc2C1. The molecular formula is C18H18FNO4S. The molecule has 7 heteroatoms. The molecule has 0 aliphatic carbocycles. The topological polar surface area (TPSA) is 55.8 Å². The molecule has 0 bridgehead atoms. The Balaban J connectivity index is 1.86. The zero-order chi connectivity index (χ0) is 19.6. The highest BCUT2D eigenvalue weighted by molar-refractivity contribution is 7.14. The van der Waals surface area contributed by atoms with E-state index in [0.717, 1.165) is 10.4 Å². The van der Waals surface area contributed by atoms with E-state index in [-0.39, 0.29) is 0 Å². The van der Waals surface area contributed by atoms with Gasteiger partial charge in [0.1, 0.15) is 8.78 Å². The molecule has 1 aromatic heterocycles. The summed E-state index contributed by atoms with van der Waals surface area (Å²) in [6.07, 6.45) is 0.625. The molecule has 1 aliphatic heterocycles. The number of carbonyl (C=O) groups is 2. The molecule has 2 heterocycles. The molecule has 0 saturated carbocycles. The minimum Gasteiger partial charge on any atom is -0.432 e. The van der Waals surface area contributed by atoms with Crippen molar-refractivity contribution in [3.05, 3.63) is 52.4 Å². The highest BCUT2D eigenvalue weighted by atomic mass is 32.1. The lowest BCUT2D eigenvalue weighted by Crippen LogP contribution is -2.38. The van der Waals surface area contributed by atoms with Crippen molar-refractivity contribution in [2.24, 2.45) is 0 Å². The van der Waals surface area contributed by atoms with Crippen LogP contribution in [0.1, 0.15) is 31.7 Å². The van der Waals surface area contributed by atoms with Crippen molar-refractivity contribution in [1.82, 2.24) is 4.90 Å². The van der Waals surface area contributed by atoms with E-state index in [4.69, 9.17) is 7.48 Å². The molecule has 132 valence electrons. The summed E-state index contributed by atoms with van der Waals surface area (Å²) < 4.78 is 36.6. The van der Waals surface area contributed by atoms with Crippen LogP contribution in [0.15, 0.2) is 36.4 Å². The highest BCUT2D eigenvalue weighted by Gasteiger charge is 2.32. The lowest BCUT2D eigenvalue weighted by atomic mass is 10.0. The Bertz CT molecular complexity index is 838. The van der Waals surface area contributed by atoms with E-state index in [1.54, 1.807) is 41.3 Å². The first-order valence-corrected chi connectivity index (χ1v) is 8.55. The number of alkyl halides is 1. The lowest BCUT2D eigenvalue weighted by molar-refractivity contribution is -0.155. The number of esters is 2. The second-order valence-corrected chi connectivity index (χ2v) is 6.74. The maximum Gasteiger partial charge on any atom is 0.330 e. The molecule has 3 rings (SSSR count). The molecule has 0 saturated heterocycles. The van der Waals surface area contributed by atoms with Crippen LogP contribution in [0.2, 0.25) is 0 Å². The summed E-state index contributed by atoms with van der Waals surface area (Å²) in [5.41, 5.74) is 1.50. The van der Waals surface area contributed by atoms with Crippen molar-refractivity contribution in [2.45, 2.75) is 25.9 Å². The van der Waals surface area contributed by atoms with Gasteiger partial charge < -0.3 is 9.47 Å². The smallest absolute Gasteiger partial charge is 0.330 e. The normalized spacial score (nSPS) is 17.0. The Morgan fingerprint density at radius 2 is 2.16 bits per heavy atom. The first kappa shape index (κ1) is 15.0. The quantitative estimate of drug-likeness (QED) is 0.762. The van der Waals surface area contributed by atoms with Gasteiger partial charge in [0.15, 0.2) is 5.06 Å². The summed E-state index contributed by atoms with van der Waals surface area (Å²) in [5, 5.41) is 0.494. The first-order valence-electron chi connectivity index (χ1n) is 8.74. The maximum absolute atomic E-state index is 13.3. The molecule has 0 spiro atoms. The summed E-state index contributed by atoms with van der Waals surface area (Å²) in [6.45, 7) is -1.35. The fourth-order valence-electron chi connectivity index (χ4n) is 2.97. The molecule has 0 radical (unpaired) electrons.